The number of alkyl halides is 4. The van der Waals surface area contributed by atoms with Gasteiger partial charge in [0.05, 0.1) is 29.7 Å². The molecule has 190 valence electrons. The summed E-state index contributed by atoms with van der Waals surface area (Å²) in [6.07, 6.45) is -6.48. The minimum atomic E-state index is -4.77. The molecule has 1 aromatic heterocycles. The van der Waals surface area contributed by atoms with Crippen molar-refractivity contribution in [1.29, 1.82) is 0 Å². The van der Waals surface area contributed by atoms with Crippen molar-refractivity contribution in [2.24, 2.45) is 5.73 Å². The van der Waals surface area contributed by atoms with Gasteiger partial charge in [0.1, 0.15) is 6.17 Å². The fourth-order valence-electron chi connectivity index (χ4n) is 4.45. The minimum absolute atomic E-state index is 0.0787. The predicted octanol–water partition coefficient (Wildman–Crippen LogP) is 5.47. The number of halogens is 5. The van der Waals surface area contributed by atoms with Gasteiger partial charge in [-0.2, -0.15) is 13.2 Å². The lowest BCUT2D eigenvalue weighted by Crippen LogP contribution is -2.44. The van der Waals surface area contributed by atoms with Crippen LogP contribution >= 0.6 is 11.6 Å². The number of hydrogen-bond donors (Lipinski definition) is 2. The molecular weight excluding hydrogens is 504 g/mol. The number of fused-ring (bicyclic) bond motifs is 1. The summed E-state index contributed by atoms with van der Waals surface area (Å²) in [5, 5.41) is 3.07. The van der Waals surface area contributed by atoms with E-state index in [9.17, 15) is 31.9 Å². The summed E-state index contributed by atoms with van der Waals surface area (Å²) in [6, 6.07) is 8.55. The third-order valence-corrected chi connectivity index (χ3v) is 6.36. The van der Waals surface area contributed by atoms with Crippen LogP contribution in [-0.4, -0.2) is 52.2 Å². The molecule has 0 radical (unpaired) electrons. The molecule has 2 aromatic carbocycles. The van der Waals surface area contributed by atoms with Gasteiger partial charge in [-0.1, -0.05) is 41.9 Å². The third kappa shape index (κ3) is 5.15. The van der Waals surface area contributed by atoms with Gasteiger partial charge in [0, 0.05) is 29.4 Å². The number of primary amides is 1. The molecule has 1 aliphatic rings. The highest BCUT2D eigenvalue weighted by molar-refractivity contribution is 6.30. The number of amides is 3. The number of likely N-dealkylation sites (tertiary alicyclic amines) is 1. The number of aromatic nitrogens is 1. The van der Waals surface area contributed by atoms with Crippen LogP contribution in [0.4, 0.5) is 32.8 Å². The number of carbonyl (C=O) groups excluding carboxylic acids is 3. The number of urea groups is 1. The first kappa shape index (κ1) is 25.5. The number of nitrogens with one attached hydrogen (secondary N) is 1. The first-order chi connectivity index (χ1) is 17.0. The summed E-state index contributed by atoms with van der Waals surface area (Å²) in [6.45, 7) is -0.468. The Morgan fingerprint density at radius 1 is 1.14 bits per heavy atom. The topological polar surface area (TPSA) is 97.4 Å². The molecule has 3 amide bonds. The Morgan fingerprint density at radius 2 is 1.86 bits per heavy atom. The predicted molar refractivity (Wildman–Crippen MR) is 126 cm³/mol. The van der Waals surface area contributed by atoms with Crippen LogP contribution in [0.15, 0.2) is 54.7 Å². The Kier molecular flexibility index (Phi) is 6.94. The van der Waals surface area contributed by atoms with Crippen LogP contribution < -0.4 is 11.1 Å². The Labute approximate surface area is 207 Å². The fraction of sp³-hybridized carbons (Fsp3) is 0.292. The molecule has 4 rings (SSSR count). The summed E-state index contributed by atoms with van der Waals surface area (Å²) in [7, 11) is 0. The first-order valence-electron chi connectivity index (χ1n) is 10.9. The van der Waals surface area contributed by atoms with Gasteiger partial charge < -0.3 is 16.0 Å². The van der Waals surface area contributed by atoms with Crippen LogP contribution in [0.1, 0.15) is 24.3 Å². The van der Waals surface area contributed by atoms with E-state index in [1.165, 1.54) is 24.4 Å². The SMILES string of the molecule is NC(=O)n1cc(NC(=O)N2C[C@H](F)C[C@H]2C(=O)C[C@H](c2cccc(Cl)c2)C(F)(F)F)c2ccccc21. The van der Waals surface area contributed by atoms with Crippen molar-refractivity contribution in [3.8, 4) is 0 Å². The van der Waals surface area contributed by atoms with E-state index in [2.05, 4.69) is 5.32 Å². The molecule has 36 heavy (non-hydrogen) atoms. The third-order valence-electron chi connectivity index (χ3n) is 6.13. The zero-order chi connectivity index (χ0) is 26.2. The van der Waals surface area contributed by atoms with E-state index >= 15 is 0 Å². The molecule has 12 heteroatoms. The molecule has 3 aromatic rings. The van der Waals surface area contributed by atoms with Gasteiger partial charge in [-0.05, 0) is 23.8 Å². The Balaban J connectivity index is 1.57. The number of hydrogen-bond acceptors (Lipinski definition) is 3. The number of rotatable bonds is 5. The summed E-state index contributed by atoms with van der Waals surface area (Å²) in [4.78, 5) is 38.6. The average Bonchev–Trinajstić information content (AvgIpc) is 3.38. The molecule has 3 N–H and O–H groups in total. The van der Waals surface area contributed by atoms with E-state index in [1.807, 2.05) is 0 Å². The van der Waals surface area contributed by atoms with E-state index in [1.54, 1.807) is 24.3 Å². The van der Waals surface area contributed by atoms with Crippen LogP contribution in [0.2, 0.25) is 5.02 Å². The van der Waals surface area contributed by atoms with Crippen LogP contribution in [0.3, 0.4) is 0 Å². The van der Waals surface area contributed by atoms with Crippen LogP contribution in [0, 0.1) is 0 Å². The molecule has 0 unspecified atom stereocenters. The van der Waals surface area contributed by atoms with E-state index in [4.69, 9.17) is 17.3 Å². The zero-order valence-corrected chi connectivity index (χ0v) is 19.4. The van der Waals surface area contributed by atoms with Crippen molar-refractivity contribution in [2.45, 2.75) is 37.1 Å². The smallest absolute Gasteiger partial charge is 0.351 e. The van der Waals surface area contributed by atoms with Gasteiger partial charge >= 0.3 is 18.2 Å². The van der Waals surface area contributed by atoms with Gasteiger partial charge in [0.25, 0.3) is 0 Å². The number of ketones is 1. The molecule has 1 fully saturated rings. The highest BCUT2D eigenvalue weighted by Crippen LogP contribution is 2.39. The summed E-state index contributed by atoms with van der Waals surface area (Å²) >= 11 is 5.83. The zero-order valence-electron chi connectivity index (χ0n) is 18.6. The highest BCUT2D eigenvalue weighted by Gasteiger charge is 2.46. The molecule has 0 aliphatic carbocycles. The van der Waals surface area contributed by atoms with Gasteiger partial charge in [-0.15, -0.1) is 0 Å². The van der Waals surface area contributed by atoms with Gasteiger partial charge in [0.15, 0.2) is 5.78 Å². The molecule has 3 atom stereocenters. The van der Waals surface area contributed by atoms with E-state index in [0.717, 1.165) is 15.5 Å². The van der Waals surface area contributed by atoms with Crippen molar-refractivity contribution in [2.75, 3.05) is 11.9 Å². The molecule has 2 heterocycles. The number of anilines is 1. The van der Waals surface area contributed by atoms with Crippen molar-refractivity contribution in [1.82, 2.24) is 9.47 Å². The van der Waals surface area contributed by atoms with Crippen LogP contribution in [0.25, 0.3) is 10.9 Å². The maximum atomic E-state index is 14.3. The van der Waals surface area contributed by atoms with Gasteiger partial charge in [0.2, 0.25) is 0 Å². The molecule has 0 spiro atoms. The lowest BCUT2D eigenvalue weighted by molar-refractivity contribution is -0.157. The molecule has 1 aliphatic heterocycles. The molecule has 0 bridgehead atoms. The van der Waals surface area contributed by atoms with Crippen molar-refractivity contribution >= 4 is 46.0 Å². The Morgan fingerprint density at radius 3 is 2.53 bits per heavy atom. The second-order valence-electron chi connectivity index (χ2n) is 8.52. The summed E-state index contributed by atoms with van der Waals surface area (Å²) < 4.78 is 56.9. The number of carbonyl (C=O) groups is 3. The fourth-order valence-corrected chi connectivity index (χ4v) is 4.64. The second kappa shape index (κ2) is 9.81. The van der Waals surface area contributed by atoms with Crippen LogP contribution in [-0.2, 0) is 4.79 Å². The highest BCUT2D eigenvalue weighted by atomic mass is 35.5. The van der Waals surface area contributed by atoms with E-state index in [-0.39, 0.29) is 16.3 Å². The summed E-state index contributed by atoms with van der Waals surface area (Å²) in [5.74, 6) is -3.09. The number of nitrogens with zero attached hydrogens (tertiary/aromatic N) is 2. The van der Waals surface area contributed by atoms with Crippen molar-refractivity contribution in [3.05, 3.63) is 65.3 Å². The Bertz CT molecular complexity index is 1330. The maximum Gasteiger partial charge on any atom is 0.396 e. The van der Waals surface area contributed by atoms with Crippen molar-refractivity contribution < 1.29 is 31.9 Å². The number of Topliss-reactive ketones (excluding diaryl/α,β-unsaturated/α-hetero) is 1. The molecule has 7 nitrogen and oxygen atoms in total. The second-order valence-corrected chi connectivity index (χ2v) is 8.96. The van der Waals surface area contributed by atoms with Gasteiger partial charge in [-0.25, -0.2) is 14.0 Å². The van der Waals surface area contributed by atoms with Gasteiger partial charge in [-0.3, -0.25) is 9.36 Å². The molecule has 0 saturated carbocycles. The minimum Gasteiger partial charge on any atom is -0.351 e. The lowest BCUT2D eigenvalue weighted by atomic mass is 9.90. The van der Waals surface area contributed by atoms with E-state index in [0.29, 0.717) is 10.9 Å². The summed E-state index contributed by atoms with van der Waals surface area (Å²) in [5.41, 5.74) is 5.76. The molecule has 1 saturated heterocycles. The molecular formula is C24H21ClF4N4O3. The standard InChI is InChI=1S/C24H21ClF4N4O3/c25-14-5-3-4-13(8-14)17(24(27,28)29)10-21(34)20-9-15(26)11-33(20)23(36)31-18-12-32(22(30)35)19-7-2-1-6-16(18)19/h1-8,12,15,17,20H,9-11H2,(H2,30,35)(H,31,36)/t15-,17-,20+/m1/s1. The first-order valence-corrected chi connectivity index (χ1v) is 11.3. The maximum absolute atomic E-state index is 14.3. The monoisotopic (exact) mass is 524 g/mol. The quantitative estimate of drug-likeness (QED) is 0.433. The largest absolute Gasteiger partial charge is 0.396 e. The van der Waals surface area contributed by atoms with Crippen LogP contribution in [0.5, 0.6) is 0 Å². The van der Waals surface area contributed by atoms with E-state index < -0.39 is 61.5 Å². The Hall–Kier alpha value is -3.60. The number of nitrogens with two attached hydrogens (primary N) is 1. The average molecular weight is 525 g/mol. The number of benzene rings is 2. The lowest BCUT2D eigenvalue weighted by Gasteiger charge is -2.26. The van der Waals surface area contributed by atoms with Crippen molar-refractivity contribution in [3.63, 3.8) is 0 Å². The normalized spacial score (nSPS) is 18.9. The number of para-hydroxylation sites is 1.